The van der Waals surface area contributed by atoms with Crippen molar-refractivity contribution in [2.75, 3.05) is 31.2 Å². The van der Waals surface area contributed by atoms with Crippen LogP contribution in [0.3, 0.4) is 0 Å². The Hall–Kier alpha value is -1.86. The van der Waals surface area contributed by atoms with Gasteiger partial charge in [0.2, 0.25) is 0 Å². The maximum Gasteiger partial charge on any atom is 0.131 e. The van der Waals surface area contributed by atoms with Crippen LogP contribution in [-0.4, -0.2) is 45.9 Å². The lowest BCUT2D eigenvalue weighted by atomic mass is 10.2. The van der Waals surface area contributed by atoms with Crippen LogP contribution in [0, 0.1) is 6.92 Å². The summed E-state index contributed by atoms with van der Waals surface area (Å²) in [6.07, 6.45) is 1.82. The highest BCUT2D eigenvalue weighted by Gasteiger charge is 2.21. The van der Waals surface area contributed by atoms with Crippen molar-refractivity contribution in [1.29, 1.82) is 0 Å². The van der Waals surface area contributed by atoms with Gasteiger partial charge in [0.15, 0.2) is 0 Å². The van der Waals surface area contributed by atoms with Crippen LogP contribution in [0.2, 0.25) is 0 Å². The molecule has 0 aromatic carbocycles. The van der Waals surface area contributed by atoms with Gasteiger partial charge < -0.3 is 15.0 Å². The minimum Gasteiger partial charge on any atom is -0.378 e. The van der Waals surface area contributed by atoms with E-state index in [1.807, 2.05) is 35.7 Å². The molecular formula is C15H24N6O. The number of nitrogens with one attached hydrogen (secondary N) is 1. The number of anilines is 1. The molecule has 0 radical (unpaired) electrons. The Morgan fingerprint density at radius 1 is 1.18 bits per heavy atom. The molecule has 0 unspecified atom stereocenters. The van der Waals surface area contributed by atoms with Crippen LogP contribution in [0.5, 0.6) is 0 Å². The van der Waals surface area contributed by atoms with E-state index in [1.165, 1.54) is 17.1 Å². The van der Waals surface area contributed by atoms with Crippen LogP contribution < -0.4 is 10.2 Å². The monoisotopic (exact) mass is 304 g/mol. The van der Waals surface area contributed by atoms with Crippen LogP contribution in [-0.2, 0) is 31.9 Å². The van der Waals surface area contributed by atoms with Gasteiger partial charge in [-0.2, -0.15) is 10.2 Å². The fourth-order valence-electron chi connectivity index (χ4n) is 2.96. The first kappa shape index (κ1) is 15.1. The van der Waals surface area contributed by atoms with Gasteiger partial charge in [-0.05, 0) is 13.0 Å². The van der Waals surface area contributed by atoms with E-state index in [0.29, 0.717) is 0 Å². The summed E-state index contributed by atoms with van der Waals surface area (Å²) in [5, 5.41) is 12.3. The van der Waals surface area contributed by atoms with E-state index in [4.69, 9.17) is 4.74 Å². The summed E-state index contributed by atoms with van der Waals surface area (Å²) in [7, 11) is 3.98. The zero-order valence-corrected chi connectivity index (χ0v) is 13.5. The summed E-state index contributed by atoms with van der Waals surface area (Å²) in [5.41, 5.74) is 3.53. The van der Waals surface area contributed by atoms with E-state index in [-0.39, 0.29) is 0 Å². The summed E-state index contributed by atoms with van der Waals surface area (Å²) in [4.78, 5) is 2.37. The van der Waals surface area contributed by atoms with Gasteiger partial charge >= 0.3 is 0 Å². The van der Waals surface area contributed by atoms with Crippen molar-refractivity contribution in [1.82, 2.24) is 24.9 Å². The third-order valence-electron chi connectivity index (χ3n) is 4.15. The van der Waals surface area contributed by atoms with Crippen molar-refractivity contribution in [3.63, 3.8) is 0 Å². The third kappa shape index (κ3) is 3.00. The fourth-order valence-corrected chi connectivity index (χ4v) is 2.96. The molecule has 2 aromatic rings. The number of aryl methyl sites for hydroxylation is 3. The summed E-state index contributed by atoms with van der Waals surface area (Å²) >= 11 is 0. The van der Waals surface area contributed by atoms with Gasteiger partial charge in [0, 0.05) is 52.0 Å². The maximum atomic E-state index is 5.45. The summed E-state index contributed by atoms with van der Waals surface area (Å²) in [6, 6.07) is 2.03. The van der Waals surface area contributed by atoms with Gasteiger partial charge in [0.25, 0.3) is 0 Å². The van der Waals surface area contributed by atoms with Crippen LogP contribution in [0.1, 0.15) is 17.0 Å². The zero-order chi connectivity index (χ0) is 15.5. The van der Waals surface area contributed by atoms with Crippen LogP contribution >= 0.6 is 0 Å². The number of nitrogens with zero attached hydrogens (tertiary/aromatic N) is 5. The van der Waals surface area contributed by atoms with E-state index in [2.05, 4.69) is 27.3 Å². The summed E-state index contributed by atoms with van der Waals surface area (Å²) < 4.78 is 9.34. The minimum absolute atomic E-state index is 0.784. The molecule has 3 heterocycles. The first-order chi connectivity index (χ1) is 10.7. The molecule has 1 aliphatic rings. The van der Waals surface area contributed by atoms with Gasteiger partial charge in [0.05, 0.1) is 24.6 Å². The second-order valence-corrected chi connectivity index (χ2v) is 5.66. The molecule has 22 heavy (non-hydrogen) atoms. The van der Waals surface area contributed by atoms with E-state index in [0.717, 1.165) is 45.1 Å². The molecule has 0 spiro atoms. The Kier molecular flexibility index (Phi) is 4.44. The van der Waals surface area contributed by atoms with Crippen molar-refractivity contribution < 1.29 is 4.74 Å². The maximum absolute atomic E-state index is 5.45. The number of morpholine rings is 1. The molecule has 1 N–H and O–H groups in total. The van der Waals surface area contributed by atoms with Crippen molar-refractivity contribution in [2.45, 2.75) is 20.0 Å². The topological polar surface area (TPSA) is 60.1 Å². The molecule has 1 fully saturated rings. The smallest absolute Gasteiger partial charge is 0.131 e. The average molecular weight is 304 g/mol. The molecule has 7 nitrogen and oxygen atoms in total. The third-order valence-corrected chi connectivity index (χ3v) is 4.15. The van der Waals surface area contributed by atoms with Gasteiger partial charge in [0.1, 0.15) is 5.82 Å². The van der Waals surface area contributed by atoms with Gasteiger partial charge in [-0.25, -0.2) is 0 Å². The lowest BCUT2D eigenvalue weighted by molar-refractivity contribution is 0.122. The Balaban J connectivity index is 1.71. The second kappa shape index (κ2) is 6.50. The highest BCUT2D eigenvalue weighted by Crippen LogP contribution is 2.24. The number of hydrogen-bond donors (Lipinski definition) is 1. The predicted molar refractivity (Wildman–Crippen MR) is 84.7 cm³/mol. The number of ether oxygens (including phenoxy) is 1. The molecule has 1 saturated heterocycles. The predicted octanol–water partition coefficient (Wildman–Crippen LogP) is 0.588. The molecule has 0 aliphatic carbocycles. The standard InChI is InChI=1S/C15H24N6O/c1-12-14(11-16-10-13-4-5-17-19(13)2)15(20(3)18-12)21-6-8-22-9-7-21/h4-5,16H,6-11H2,1-3H3. The highest BCUT2D eigenvalue weighted by molar-refractivity contribution is 5.50. The van der Waals surface area contributed by atoms with Crippen LogP contribution in [0.4, 0.5) is 5.82 Å². The zero-order valence-electron chi connectivity index (χ0n) is 13.5. The number of rotatable bonds is 5. The van der Waals surface area contributed by atoms with Crippen LogP contribution in [0.25, 0.3) is 0 Å². The fraction of sp³-hybridized carbons (Fsp3) is 0.600. The van der Waals surface area contributed by atoms with E-state index < -0.39 is 0 Å². The average Bonchev–Trinajstić information content (AvgIpc) is 3.04. The molecule has 0 amide bonds. The van der Waals surface area contributed by atoms with Crippen molar-refractivity contribution >= 4 is 5.82 Å². The lowest BCUT2D eigenvalue weighted by Gasteiger charge is -2.29. The van der Waals surface area contributed by atoms with Crippen molar-refractivity contribution in [3.8, 4) is 0 Å². The quantitative estimate of drug-likeness (QED) is 0.876. The molecule has 3 rings (SSSR count). The van der Waals surface area contributed by atoms with Crippen molar-refractivity contribution in [2.24, 2.45) is 14.1 Å². The summed E-state index contributed by atoms with van der Waals surface area (Å²) in [5.74, 6) is 1.21. The summed E-state index contributed by atoms with van der Waals surface area (Å²) in [6.45, 7) is 7.09. The molecule has 0 bridgehead atoms. The minimum atomic E-state index is 0.784. The molecule has 7 heteroatoms. The van der Waals surface area contributed by atoms with Gasteiger partial charge in [-0.1, -0.05) is 0 Å². The van der Waals surface area contributed by atoms with Crippen molar-refractivity contribution in [3.05, 3.63) is 29.2 Å². The Morgan fingerprint density at radius 2 is 1.95 bits per heavy atom. The second-order valence-electron chi connectivity index (χ2n) is 5.66. The SMILES string of the molecule is Cc1nn(C)c(N2CCOCC2)c1CNCc1ccnn1C. The highest BCUT2D eigenvalue weighted by atomic mass is 16.5. The number of hydrogen-bond acceptors (Lipinski definition) is 5. The molecule has 0 saturated carbocycles. The Bertz CT molecular complexity index is 626. The largest absolute Gasteiger partial charge is 0.378 e. The normalized spacial score (nSPS) is 15.5. The number of aromatic nitrogens is 4. The molecule has 1 aliphatic heterocycles. The molecule has 120 valence electrons. The van der Waals surface area contributed by atoms with E-state index in [1.54, 1.807) is 0 Å². The van der Waals surface area contributed by atoms with E-state index >= 15 is 0 Å². The molecule has 2 aromatic heterocycles. The van der Waals surface area contributed by atoms with Crippen LogP contribution in [0.15, 0.2) is 12.3 Å². The van der Waals surface area contributed by atoms with E-state index in [9.17, 15) is 0 Å². The first-order valence-electron chi connectivity index (χ1n) is 7.69. The lowest BCUT2D eigenvalue weighted by Crippen LogP contribution is -2.38. The Morgan fingerprint density at radius 3 is 2.64 bits per heavy atom. The van der Waals surface area contributed by atoms with Gasteiger partial charge in [-0.3, -0.25) is 9.36 Å². The molecule has 0 atom stereocenters. The first-order valence-corrected chi connectivity index (χ1v) is 7.69. The van der Waals surface area contributed by atoms with Gasteiger partial charge in [-0.15, -0.1) is 0 Å². The molecular weight excluding hydrogens is 280 g/mol. The Labute approximate surface area is 130 Å².